The van der Waals surface area contributed by atoms with Gasteiger partial charge in [-0.25, -0.2) is 5.48 Å². The van der Waals surface area contributed by atoms with E-state index in [9.17, 15) is 14.7 Å². The second-order valence-electron chi connectivity index (χ2n) is 7.05. The molecule has 7 heteroatoms. The summed E-state index contributed by atoms with van der Waals surface area (Å²) < 4.78 is 0. The van der Waals surface area contributed by atoms with Crippen molar-refractivity contribution in [3.63, 3.8) is 0 Å². The number of likely N-dealkylation sites (tertiary alicyclic amines) is 1. The molecule has 1 aliphatic heterocycles. The van der Waals surface area contributed by atoms with Crippen molar-refractivity contribution in [2.24, 2.45) is 5.92 Å². The minimum absolute atomic E-state index is 0.295. The van der Waals surface area contributed by atoms with Crippen LogP contribution in [0.5, 0.6) is 0 Å². The molecule has 1 saturated heterocycles. The molecule has 142 valence electrons. The Morgan fingerprint density at radius 1 is 1.22 bits per heavy atom. The van der Waals surface area contributed by atoms with E-state index in [0.717, 1.165) is 13.1 Å². The lowest BCUT2D eigenvalue weighted by atomic mass is 9.97. The fraction of sp³-hybridized carbons (Fsp3) is 0.400. The molecule has 0 radical (unpaired) electrons. The highest BCUT2D eigenvalue weighted by Gasteiger charge is 2.34. The molecule has 0 aromatic heterocycles. The number of rotatable bonds is 4. The average molecular weight is 369 g/mol. The van der Waals surface area contributed by atoms with Gasteiger partial charge in [0.15, 0.2) is 0 Å². The van der Waals surface area contributed by atoms with E-state index in [1.54, 1.807) is 24.3 Å². The van der Waals surface area contributed by atoms with Gasteiger partial charge < -0.3 is 15.3 Å². The number of carbonyl (C=O) groups is 2. The quantitative estimate of drug-likeness (QED) is 0.339. The number of nitrogens with one attached hydrogen (secondary N) is 2. The molecule has 7 nitrogen and oxygen atoms in total. The first-order valence-electron chi connectivity index (χ1n) is 8.48. The van der Waals surface area contributed by atoms with Crippen LogP contribution in [0.2, 0.25) is 0 Å². The number of hydrogen-bond acceptors (Lipinski definition) is 5. The zero-order valence-electron chi connectivity index (χ0n) is 15.5. The minimum Gasteiger partial charge on any atom is -0.388 e. The number of carbonyl (C=O) groups excluding carboxylic acids is 2. The molecular formula is C20H23N3O4. The van der Waals surface area contributed by atoms with Gasteiger partial charge in [-0.2, -0.15) is 0 Å². The minimum atomic E-state index is -1.55. The van der Waals surface area contributed by atoms with Crippen LogP contribution >= 0.6 is 0 Å². The summed E-state index contributed by atoms with van der Waals surface area (Å²) in [5.41, 5.74) is 0.886. The van der Waals surface area contributed by atoms with Gasteiger partial charge in [0.05, 0.1) is 5.60 Å². The molecule has 1 heterocycles. The number of nitrogens with zero attached hydrogens (tertiary/aromatic N) is 1. The Hall–Kier alpha value is -2.84. The van der Waals surface area contributed by atoms with Crippen molar-refractivity contribution in [3.8, 4) is 23.7 Å². The molecule has 0 bridgehead atoms. The monoisotopic (exact) mass is 369 g/mol. The van der Waals surface area contributed by atoms with Crippen LogP contribution in [0.1, 0.15) is 29.8 Å². The summed E-state index contributed by atoms with van der Waals surface area (Å²) in [6.07, 6.45) is 0. The molecular weight excluding hydrogens is 346 g/mol. The molecule has 4 N–H and O–H groups in total. The topological polar surface area (TPSA) is 102 Å². The first kappa shape index (κ1) is 20.5. The summed E-state index contributed by atoms with van der Waals surface area (Å²) in [6, 6.07) is 5.16. The highest BCUT2D eigenvalue weighted by atomic mass is 16.5. The van der Waals surface area contributed by atoms with Gasteiger partial charge in [-0.3, -0.25) is 14.8 Å². The van der Waals surface area contributed by atoms with Gasteiger partial charge in [0, 0.05) is 30.1 Å². The van der Waals surface area contributed by atoms with E-state index in [4.69, 9.17) is 5.21 Å². The summed E-state index contributed by atoms with van der Waals surface area (Å²) in [6.45, 7) is 4.65. The Morgan fingerprint density at radius 2 is 1.85 bits per heavy atom. The molecule has 27 heavy (non-hydrogen) atoms. The first-order valence-corrected chi connectivity index (χ1v) is 8.48. The Kier molecular flexibility index (Phi) is 6.59. The predicted molar refractivity (Wildman–Crippen MR) is 99.6 cm³/mol. The third kappa shape index (κ3) is 5.83. The van der Waals surface area contributed by atoms with Crippen LogP contribution < -0.4 is 10.8 Å². The number of hydroxylamine groups is 1. The van der Waals surface area contributed by atoms with Gasteiger partial charge >= 0.3 is 0 Å². The van der Waals surface area contributed by atoms with Crippen LogP contribution in [0.4, 0.5) is 0 Å². The lowest BCUT2D eigenvalue weighted by Crippen LogP contribution is -2.57. The molecule has 1 aromatic carbocycles. The maximum absolute atomic E-state index is 12.3. The third-order valence-corrected chi connectivity index (χ3v) is 4.11. The maximum Gasteiger partial charge on any atom is 0.268 e. The summed E-state index contributed by atoms with van der Waals surface area (Å²) in [5, 5.41) is 21.2. The normalized spacial score (nSPS) is 15.3. The van der Waals surface area contributed by atoms with Gasteiger partial charge in [0.25, 0.3) is 11.8 Å². The molecule has 1 aliphatic rings. The van der Waals surface area contributed by atoms with Gasteiger partial charge in [-0.05, 0) is 57.0 Å². The lowest BCUT2D eigenvalue weighted by Gasteiger charge is -2.32. The van der Waals surface area contributed by atoms with Crippen LogP contribution in [-0.4, -0.2) is 58.8 Å². The van der Waals surface area contributed by atoms with E-state index in [-0.39, 0.29) is 0 Å². The molecule has 0 aliphatic carbocycles. The smallest absolute Gasteiger partial charge is 0.268 e. The van der Waals surface area contributed by atoms with E-state index in [1.807, 2.05) is 7.05 Å². The fourth-order valence-electron chi connectivity index (χ4n) is 2.58. The molecule has 1 atom stereocenters. The Bertz CT molecular complexity index is 813. The van der Waals surface area contributed by atoms with Crippen molar-refractivity contribution in [2.75, 3.05) is 20.1 Å². The van der Waals surface area contributed by atoms with Crippen LogP contribution in [0.3, 0.4) is 0 Å². The maximum atomic E-state index is 12.3. The van der Waals surface area contributed by atoms with E-state index >= 15 is 0 Å². The van der Waals surface area contributed by atoms with Gasteiger partial charge in [-0.15, -0.1) is 0 Å². The molecule has 0 spiro atoms. The Balaban J connectivity index is 1.99. The second-order valence-corrected chi connectivity index (χ2v) is 7.05. The second kappa shape index (κ2) is 8.70. The molecule has 1 aromatic rings. The van der Waals surface area contributed by atoms with Crippen molar-refractivity contribution in [3.05, 3.63) is 35.4 Å². The summed E-state index contributed by atoms with van der Waals surface area (Å²) in [7, 11) is 2.04. The summed E-state index contributed by atoms with van der Waals surface area (Å²) in [4.78, 5) is 26.1. The van der Waals surface area contributed by atoms with Crippen molar-refractivity contribution < 1.29 is 19.9 Å². The third-order valence-electron chi connectivity index (χ3n) is 4.11. The van der Waals surface area contributed by atoms with Crippen LogP contribution in [0, 0.1) is 29.6 Å². The van der Waals surface area contributed by atoms with Crippen LogP contribution in [-0.2, 0) is 4.79 Å². The zero-order chi connectivity index (χ0) is 20.0. The van der Waals surface area contributed by atoms with Gasteiger partial charge in [0.2, 0.25) is 0 Å². The zero-order valence-corrected chi connectivity index (χ0v) is 15.5. The highest BCUT2D eigenvalue weighted by Crippen LogP contribution is 2.11. The number of aliphatic hydroxyl groups is 1. The van der Waals surface area contributed by atoms with Crippen molar-refractivity contribution in [1.82, 2.24) is 15.7 Å². The van der Waals surface area contributed by atoms with Crippen molar-refractivity contribution >= 4 is 11.8 Å². The van der Waals surface area contributed by atoms with Crippen molar-refractivity contribution in [1.29, 1.82) is 0 Å². The standard InChI is InChI=1S/C20H23N3O4/c1-20(2,26)17(19(25)22-27)21-18(24)16-10-8-14(9-11-16)6-4-5-7-15-12-23(3)13-15/h8-11,15,17,26-27H,12-13H2,1-3H3,(H,21,24)(H,22,25)/t17-/m1/s1. The Morgan fingerprint density at radius 3 is 2.37 bits per heavy atom. The fourth-order valence-corrected chi connectivity index (χ4v) is 2.58. The Labute approximate surface area is 158 Å². The summed E-state index contributed by atoms with van der Waals surface area (Å²) in [5.74, 6) is 10.6. The highest BCUT2D eigenvalue weighted by molar-refractivity contribution is 5.97. The summed E-state index contributed by atoms with van der Waals surface area (Å²) >= 11 is 0. The van der Waals surface area contributed by atoms with Gasteiger partial charge in [0.1, 0.15) is 6.04 Å². The lowest BCUT2D eigenvalue weighted by molar-refractivity contribution is -0.136. The van der Waals surface area contributed by atoms with E-state index < -0.39 is 23.5 Å². The largest absolute Gasteiger partial charge is 0.388 e. The van der Waals surface area contributed by atoms with E-state index in [0.29, 0.717) is 17.0 Å². The predicted octanol–water partition coefficient (Wildman–Crippen LogP) is -0.0222. The first-order chi connectivity index (χ1) is 12.7. The molecule has 2 rings (SSSR count). The number of amides is 2. The van der Waals surface area contributed by atoms with E-state index in [1.165, 1.54) is 19.3 Å². The molecule has 1 fully saturated rings. The van der Waals surface area contributed by atoms with Gasteiger partial charge in [-0.1, -0.05) is 11.8 Å². The number of benzene rings is 1. The van der Waals surface area contributed by atoms with Crippen LogP contribution in [0.25, 0.3) is 0 Å². The molecule has 2 amide bonds. The molecule has 0 saturated carbocycles. The number of hydrogen-bond donors (Lipinski definition) is 4. The SMILES string of the molecule is CN1CC(C#CC#Cc2ccc(C(=O)N[C@H](C(=O)NO)C(C)(C)O)cc2)C1. The van der Waals surface area contributed by atoms with E-state index in [2.05, 4.69) is 33.9 Å². The molecule has 0 unspecified atom stereocenters. The van der Waals surface area contributed by atoms with Crippen LogP contribution in [0.15, 0.2) is 24.3 Å². The average Bonchev–Trinajstić information content (AvgIpc) is 2.60. The van der Waals surface area contributed by atoms with Crippen molar-refractivity contribution in [2.45, 2.75) is 25.5 Å².